The molecule has 13 heteroatoms. The Hall–Kier alpha value is -3.61. The van der Waals surface area contributed by atoms with Crippen molar-refractivity contribution in [3.05, 3.63) is 71.0 Å². The van der Waals surface area contributed by atoms with Crippen LogP contribution >= 0.6 is 23.2 Å². The number of aromatic nitrogens is 2. The number of hydrogen-bond donors (Lipinski definition) is 2. The number of piperazine rings is 1. The molecule has 6 rings (SSSR count). The van der Waals surface area contributed by atoms with E-state index in [1.54, 1.807) is 24.3 Å². The minimum atomic E-state index is -0.286. The third-order valence-corrected chi connectivity index (χ3v) is 10.4. The van der Waals surface area contributed by atoms with Crippen molar-refractivity contribution in [3.63, 3.8) is 0 Å². The number of ether oxygens (including phenoxy) is 1. The number of nitrogens with one attached hydrogen (secondary N) is 2. The number of methoxy groups -OCH3 is 1. The number of carbonyl (C=O) groups is 1. The average Bonchev–Trinajstić information content (AvgIpc) is 3.60. The van der Waals surface area contributed by atoms with Crippen LogP contribution in [-0.2, 0) is 9.63 Å². The van der Waals surface area contributed by atoms with Crippen molar-refractivity contribution in [1.82, 2.24) is 19.8 Å². The largest absolute Gasteiger partial charge is 0.494 e. The van der Waals surface area contributed by atoms with Crippen molar-refractivity contribution >= 4 is 57.8 Å². The van der Waals surface area contributed by atoms with E-state index in [0.29, 0.717) is 57.5 Å². The molecular weight excluding hydrogens is 651 g/mol. The Morgan fingerprint density at radius 2 is 1.81 bits per heavy atom. The van der Waals surface area contributed by atoms with Gasteiger partial charge < -0.3 is 20.3 Å². The van der Waals surface area contributed by atoms with E-state index in [1.165, 1.54) is 12.4 Å². The molecule has 1 atom stereocenters. The van der Waals surface area contributed by atoms with Crippen molar-refractivity contribution in [2.75, 3.05) is 73.6 Å². The molecule has 1 aromatic heterocycles. The van der Waals surface area contributed by atoms with Crippen LogP contribution in [0.15, 0.2) is 55.4 Å². The van der Waals surface area contributed by atoms with E-state index in [2.05, 4.69) is 55.7 Å². The van der Waals surface area contributed by atoms with Crippen LogP contribution in [0.4, 0.5) is 28.7 Å². The Balaban J connectivity index is 1.21. The fraction of sp³-hybridized carbons (Fsp3) is 0.457. The van der Waals surface area contributed by atoms with Crippen LogP contribution in [0.1, 0.15) is 44.7 Å². The van der Waals surface area contributed by atoms with Gasteiger partial charge in [-0.2, -0.15) is 0 Å². The van der Waals surface area contributed by atoms with Crippen LogP contribution in [-0.4, -0.2) is 90.7 Å². The number of hydrogen-bond acceptors (Lipinski definition) is 10. The lowest BCUT2D eigenvalue weighted by atomic mass is 10.0. The fourth-order valence-corrected chi connectivity index (χ4v) is 7.34. The molecular formula is C35H44Cl2N8O3. The molecule has 0 saturated carbocycles. The monoisotopic (exact) mass is 694 g/mol. The highest BCUT2D eigenvalue weighted by atomic mass is 35.5. The van der Waals surface area contributed by atoms with Gasteiger partial charge in [-0.15, -0.1) is 0 Å². The van der Waals surface area contributed by atoms with E-state index in [1.807, 2.05) is 24.3 Å². The first-order chi connectivity index (χ1) is 23.2. The molecule has 1 amide bonds. The molecule has 2 N–H and O–H groups in total. The summed E-state index contributed by atoms with van der Waals surface area (Å²) in [5.74, 6) is 1.42. The van der Waals surface area contributed by atoms with Gasteiger partial charge >= 0.3 is 0 Å². The Bertz CT molecular complexity index is 1610. The van der Waals surface area contributed by atoms with E-state index >= 15 is 0 Å². The highest BCUT2D eigenvalue weighted by molar-refractivity contribution is 6.42. The number of piperidine rings is 1. The van der Waals surface area contributed by atoms with Crippen LogP contribution in [0.2, 0.25) is 10.0 Å². The van der Waals surface area contributed by atoms with Gasteiger partial charge in [-0.3, -0.25) is 19.4 Å². The van der Waals surface area contributed by atoms with Crippen LogP contribution < -0.4 is 25.3 Å². The molecule has 0 aliphatic carbocycles. The van der Waals surface area contributed by atoms with Crippen LogP contribution in [0.5, 0.6) is 5.75 Å². The second-order valence-electron chi connectivity index (χ2n) is 12.6. The van der Waals surface area contributed by atoms with Gasteiger partial charge in [0.25, 0.3) is 0 Å². The number of anilines is 5. The number of benzene rings is 2. The average molecular weight is 696 g/mol. The maximum atomic E-state index is 12.6. The van der Waals surface area contributed by atoms with E-state index < -0.39 is 0 Å². The molecule has 11 nitrogen and oxygen atoms in total. The van der Waals surface area contributed by atoms with Crippen molar-refractivity contribution in [3.8, 4) is 5.75 Å². The molecule has 0 bridgehead atoms. The van der Waals surface area contributed by atoms with Crippen LogP contribution in [0.3, 0.4) is 0 Å². The van der Waals surface area contributed by atoms with Crippen molar-refractivity contribution in [2.24, 2.45) is 0 Å². The Kier molecular flexibility index (Phi) is 10.9. The smallest absolute Gasteiger partial charge is 0.247 e. The summed E-state index contributed by atoms with van der Waals surface area (Å²) >= 11 is 12.9. The summed E-state index contributed by atoms with van der Waals surface area (Å²) in [6, 6.07) is 12.2. The number of rotatable bonds is 10. The van der Waals surface area contributed by atoms with Crippen LogP contribution in [0.25, 0.3) is 0 Å². The highest BCUT2D eigenvalue weighted by Gasteiger charge is 2.32. The number of hydroxylamine groups is 1. The van der Waals surface area contributed by atoms with Gasteiger partial charge in [0.2, 0.25) is 5.91 Å². The summed E-state index contributed by atoms with van der Waals surface area (Å²) < 4.78 is 5.87. The zero-order valence-electron chi connectivity index (χ0n) is 27.8. The van der Waals surface area contributed by atoms with E-state index in [9.17, 15) is 4.79 Å². The third-order valence-electron chi connectivity index (χ3n) is 9.55. The third kappa shape index (κ3) is 7.50. The lowest BCUT2D eigenvalue weighted by Gasteiger charge is -2.44. The maximum Gasteiger partial charge on any atom is 0.247 e. The van der Waals surface area contributed by atoms with Gasteiger partial charge in [0.05, 0.1) is 46.9 Å². The fourth-order valence-electron chi connectivity index (χ4n) is 6.90. The highest BCUT2D eigenvalue weighted by Crippen LogP contribution is 2.42. The summed E-state index contributed by atoms with van der Waals surface area (Å²) in [4.78, 5) is 35.1. The second kappa shape index (κ2) is 15.3. The van der Waals surface area contributed by atoms with Gasteiger partial charge in [0.1, 0.15) is 17.9 Å². The summed E-state index contributed by atoms with van der Waals surface area (Å²) in [6.45, 7) is 14.9. The first-order valence-electron chi connectivity index (χ1n) is 16.6. The predicted molar refractivity (Wildman–Crippen MR) is 193 cm³/mol. The Labute approximate surface area is 292 Å². The van der Waals surface area contributed by atoms with Gasteiger partial charge in [-0.1, -0.05) is 41.9 Å². The normalized spacial score (nSPS) is 19.5. The number of carbonyl (C=O) groups excluding carboxylic acids is 1. The van der Waals surface area contributed by atoms with Crippen LogP contribution in [0, 0.1) is 0 Å². The molecule has 256 valence electrons. The Morgan fingerprint density at radius 3 is 2.52 bits per heavy atom. The van der Waals surface area contributed by atoms with E-state index in [4.69, 9.17) is 32.8 Å². The molecule has 0 spiro atoms. The van der Waals surface area contributed by atoms with Crippen molar-refractivity contribution in [2.45, 2.75) is 51.2 Å². The van der Waals surface area contributed by atoms with Crippen molar-refractivity contribution in [1.29, 1.82) is 0 Å². The maximum absolute atomic E-state index is 12.6. The molecule has 48 heavy (non-hydrogen) atoms. The second-order valence-corrected chi connectivity index (χ2v) is 13.4. The topological polar surface area (TPSA) is 98.3 Å². The number of halogens is 2. The zero-order chi connectivity index (χ0) is 33.8. The lowest BCUT2D eigenvalue weighted by molar-refractivity contribution is -0.111. The van der Waals surface area contributed by atoms with E-state index in [-0.39, 0.29) is 11.9 Å². The molecule has 3 aliphatic rings. The summed E-state index contributed by atoms with van der Waals surface area (Å²) in [5, 5.41) is 9.13. The molecule has 4 heterocycles. The predicted octanol–water partition coefficient (Wildman–Crippen LogP) is 6.54. The molecule has 3 aliphatic heterocycles. The molecule has 3 aromatic rings. The zero-order valence-corrected chi connectivity index (χ0v) is 29.3. The first kappa shape index (κ1) is 34.3. The van der Waals surface area contributed by atoms with Gasteiger partial charge in [0, 0.05) is 69.9 Å². The molecule has 0 radical (unpaired) electrons. The molecule has 3 saturated heterocycles. The van der Waals surface area contributed by atoms with Gasteiger partial charge in [0.15, 0.2) is 5.82 Å². The number of nitrogens with zero attached hydrogens (tertiary/aromatic N) is 6. The van der Waals surface area contributed by atoms with E-state index in [0.717, 1.165) is 69.8 Å². The quantitative estimate of drug-likeness (QED) is 0.228. The van der Waals surface area contributed by atoms with Gasteiger partial charge in [-0.25, -0.2) is 15.0 Å². The van der Waals surface area contributed by atoms with Gasteiger partial charge in [-0.05, 0) is 50.5 Å². The minimum Gasteiger partial charge on any atom is -0.494 e. The molecule has 3 fully saturated rings. The summed E-state index contributed by atoms with van der Waals surface area (Å²) in [6.07, 6.45) is 5.59. The number of amides is 1. The molecule has 1 unspecified atom stereocenters. The Morgan fingerprint density at radius 1 is 1.04 bits per heavy atom. The standard InChI is InChI=1S/C35H44Cl2N8O3/c1-5-34(46)41-27-19-28(31(47-4)20-30(27)44-12-9-24(10-13-44)43-16-14-42(15-17-43)23(2)3)40-32-21-33(39-22-38-32)45-29(11-18-48-45)25-7-6-8-26(36)35(25)37/h5-8,19-24,29H,1,9-18H2,2-4H3,(H,41,46)(H,38,39,40). The van der Waals surface area contributed by atoms with Crippen molar-refractivity contribution < 1.29 is 14.4 Å². The summed E-state index contributed by atoms with van der Waals surface area (Å²) in [7, 11) is 1.64. The summed E-state index contributed by atoms with van der Waals surface area (Å²) in [5.41, 5.74) is 3.08. The lowest BCUT2D eigenvalue weighted by Crippen LogP contribution is -2.54. The first-order valence-corrected chi connectivity index (χ1v) is 17.3. The minimum absolute atomic E-state index is 0.165. The SMILES string of the molecule is C=CC(=O)Nc1cc(Nc2cc(N3OCCC3c3cccc(Cl)c3Cl)ncn2)c(OC)cc1N1CCC(N2CCN(C(C)C)CC2)CC1. The molecule has 2 aromatic carbocycles.